The number of nitrogens with zero attached hydrogens (tertiary/aromatic N) is 2. The molecule has 0 radical (unpaired) electrons. The van der Waals surface area contributed by atoms with Crippen molar-refractivity contribution in [2.24, 2.45) is 0 Å². The first-order valence-corrected chi connectivity index (χ1v) is 7.65. The van der Waals surface area contributed by atoms with Gasteiger partial charge in [-0.15, -0.1) is 0 Å². The smallest absolute Gasteiger partial charge is 0.0860 e. The van der Waals surface area contributed by atoms with Crippen LogP contribution in [0.15, 0.2) is 0 Å². The molecule has 0 bridgehead atoms. The van der Waals surface area contributed by atoms with E-state index in [1.54, 1.807) is 0 Å². The van der Waals surface area contributed by atoms with Crippen molar-refractivity contribution in [1.29, 1.82) is 0 Å². The molecule has 0 saturated heterocycles. The molecule has 0 amide bonds. The van der Waals surface area contributed by atoms with Crippen molar-refractivity contribution in [2.45, 2.75) is 52.7 Å². The van der Waals surface area contributed by atoms with Crippen LogP contribution >= 0.6 is 27.5 Å². The topological polar surface area (TPSA) is 29.9 Å². The Labute approximate surface area is 117 Å². The average Bonchev–Trinajstić information content (AvgIpc) is 2.61. The first-order valence-electron chi connectivity index (χ1n) is 6.15. The molecule has 1 heterocycles. The van der Waals surface area contributed by atoms with Crippen LogP contribution in [0.25, 0.3) is 0 Å². The number of rotatable bonds is 7. The maximum Gasteiger partial charge on any atom is 0.0860 e. The molecule has 1 aromatic rings. The number of nitrogens with one attached hydrogen (secondary N) is 1. The zero-order chi connectivity index (χ0) is 12.8. The van der Waals surface area contributed by atoms with E-state index in [2.05, 4.69) is 40.2 Å². The number of halogens is 2. The van der Waals surface area contributed by atoms with Gasteiger partial charge in [0.2, 0.25) is 0 Å². The van der Waals surface area contributed by atoms with Crippen molar-refractivity contribution in [3.8, 4) is 0 Å². The molecule has 1 rings (SSSR count). The number of hydrogen-bond acceptors (Lipinski definition) is 2. The van der Waals surface area contributed by atoms with E-state index in [9.17, 15) is 0 Å². The summed E-state index contributed by atoms with van der Waals surface area (Å²) in [5.41, 5.74) is 2.01. The summed E-state index contributed by atoms with van der Waals surface area (Å²) < 4.78 is 1.98. The Morgan fingerprint density at radius 3 is 2.71 bits per heavy atom. The standard InChI is InChI=1S/C12H21BrClN3/c1-4-10(6-7-13)15-8-11-12(14)9(3)16-17(11)5-2/h10,15H,4-8H2,1-3H3. The van der Waals surface area contributed by atoms with Gasteiger partial charge in [0, 0.05) is 24.5 Å². The van der Waals surface area contributed by atoms with Crippen molar-refractivity contribution in [3.05, 3.63) is 16.4 Å². The van der Waals surface area contributed by atoms with Crippen LogP contribution in [0.4, 0.5) is 0 Å². The van der Waals surface area contributed by atoms with Gasteiger partial charge in [0.05, 0.1) is 16.4 Å². The average molecular weight is 323 g/mol. The van der Waals surface area contributed by atoms with Crippen molar-refractivity contribution < 1.29 is 0 Å². The van der Waals surface area contributed by atoms with Gasteiger partial charge >= 0.3 is 0 Å². The SMILES string of the molecule is CCC(CCBr)NCc1c(Cl)c(C)nn1CC. The van der Waals surface area contributed by atoms with Gasteiger partial charge in [-0.05, 0) is 26.7 Å². The summed E-state index contributed by atoms with van der Waals surface area (Å²) >= 11 is 9.74. The molecule has 0 spiro atoms. The summed E-state index contributed by atoms with van der Waals surface area (Å²) in [4.78, 5) is 0. The first-order chi connectivity index (χ1) is 8.13. The van der Waals surface area contributed by atoms with Gasteiger partial charge in [-0.1, -0.05) is 34.5 Å². The van der Waals surface area contributed by atoms with E-state index in [0.29, 0.717) is 6.04 Å². The predicted molar refractivity (Wildman–Crippen MR) is 77.0 cm³/mol. The summed E-state index contributed by atoms with van der Waals surface area (Å²) in [6.45, 7) is 7.89. The second-order valence-electron chi connectivity index (χ2n) is 4.13. The molecule has 0 aliphatic rings. The van der Waals surface area contributed by atoms with Crippen LogP contribution in [0.5, 0.6) is 0 Å². The second-order valence-corrected chi connectivity index (χ2v) is 5.30. The highest BCUT2D eigenvalue weighted by molar-refractivity contribution is 9.09. The Balaban J connectivity index is 2.67. The maximum absolute atomic E-state index is 6.26. The largest absolute Gasteiger partial charge is 0.308 e. The Morgan fingerprint density at radius 2 is 2.18 bits per heavy atom. The zero-order valence-electron chi connectivity index (χ0n) is 10.8. The molecular weight excluding hydrogens is 302 g/mol. The molecule has 1 aromatic heterocycles. The second kappa shape index (κ2) is 7.39. The number of aryl methyl sites for hydroxylation is 2. The number of hydrogen-bond donors (Lipinski definition) is 1. The van der Waals surface area contributed by atoms with E-state index < -0.39 is 0 Å². The minimum atomic E-state index is 0.533. The van der Waals surface area contributed by atoms with Crippen LogP contribution in [0.2, 0.25) is 5.02 Å². The maximum atomic E-state index is 6.26. The Kier molecular flexibility index (Phi) is 6.52. The Hall–Kier alpha value is -0.0600. The lowest BCUT2D eigenvalue weighted by Crippen LogP contribution is -2.29. The quantitative estimate of drug-likeness (QED) is 0.778. The van der Waals surface area contributed by atoms with Crippen LogP contribution in [0, 0.1) is 6.92 Å². The summed E-state index contributed by atoms with van der Waals surface area (Å²) in [6.07, 6.45) is 2.26. The molecule has 1 atom stereocenters. The Morgan fingerprint density at radius 1 is 1.47 bits per heavy atom. The van der Waals surface area contributed by atoms with E-state index in [0.717, 1.165) is 47.7 Å². The number of aromatic nitrogens is 2. The monoisotopic (exact) mass is 321 g/mol. The summed E-state index contributed by atoms with van der Waals surface area (Å²) in [6, 6.07) is 0.533. The highest BCUT2D eigenvalue weighted by atomic mass is 79.9. The molecule has 1 N–H and O–H groups in total. The van der Waals surface area contributed by atoms with Gasteiger partial charge in [0.25, 0.3) is 0 Å². The molecule has 5 heteroatoms. The summed E-state index contributed by atoms with van der Waals surface area (Å²) in [7, 11) is 0. The minimum Gasteiger partial charge on any atom is -0.308 e. The summed E-state index contributed by atoms with van der Waals surface area (Å²) in [5.74, 6) is 0. The molecule has 0 aromatic carbocycles. The highest BCUT2D eigenvalue weighted by Crippen LogP contribution is 2.20. The molecule has 0 aliphatic carbocycles. The van der Waals surface area contributed by atoms with Gasteiger partial charge in [-0.25, -0.2) is 0 Å². The van der Waals surface area contributed by atoms with Crippen molar-refractivity contribution in [3.63, 3.8) is 0 Å². The fraction of sp³-hybridized carbons (Fsp3) is 0.750. The van der Waals surface area contributed by atoms with Crippen LogP contribution in [-0.4, -0.2) is 21.2 Å². The van der Waals surface area contributed by atoms with E-state index in [1.165, 1.54) is 0 Å². The van der Waals surface area contributed by atoms with Crippen molar-refractivity contribution >= 4 is 27.5 Å². The third-order valence-electron chi connectivity index (χ3n) is 2.96. The lowest BCUT2D eigenvalue weighted by molar-refractivity contribution is 0.470. The van der Waals surface area contributed by atoms with Gasteiger partial charge in [-0.2, -0.15) is 5.10 Å². The predicted octanol–water partition coefficient (Wildman–Crippen LogP) is 3.52. The van der Waals surface area contributed by atoms with E-state index in [1.807, 2.05) is 11.6 Å². The Bertz CT molecular complexity index is 352. The molecule has 0 saturated carbocycles. The number of alkyl halides is 1. The van der Waals surface area contributed by atoms with Crippen LogP contribution in [0.3, 0.4) is 0 Å². The summed E-state index contributed by atoms with van der Waals surface area (Å²) in [5, 5.41) is 9.78. The zero-order valence-corrected chi connectivity index (χ0v) is 13.1. The lowest BCUT2D eigenvalue weighted by Gasteiger charge is -2.16. The molecule has 17 heavy (non-hydrogen) atoms. The van der Waals surface area contributed by atoms with E-state index in [4.69, 9.17) is 11.6 Å². The van der Waals surface area contributed by atoms with Gasteiger partial charge < -0.3 is 5.32 Å². The fourth-order valence-corrected chi connectivity index (χ4v) is 2.62. The molecule has 1 unspecified atom stereocenters. The van der Waals surface area contributed by atoms with Crippen molar-refractivity contribution in [2.75, 3.05) is 5.33 Å². The first kappa shape index (κ1) is 15.0. The van der Waals surface area contributed by atoms with Crippen LogP contribution in [-0.2, 0) is 13.1 Å². The fourth-order valence-electron chi connectivity index (χ4n) is 1.86. The minimum absolute atomic E-state index is 0.533. The highest BCUT2D eigenvalue weighted by Gasteiger charge is 2.13. The normalized spacial score (nSPS) is 13.0. The van der Waals surface area contributed by atoms with Crippen LogP contribution in [0.1, 0.15) is 38.1 Å². The van der Waals surface area contributed by atoms with E-state index in [-0.39, 0.29) is 0 Å². The molecule has 98 valence electrons. The molecule has 3 nitrogen and oxygen atoms in total. The molecular formula is C12H21BrClN3. The molecule has 0 aliphatic heterocycles. The third-order valence-corrected chi connectivity index (χ3v) is 3.91. The van der Waals surface area contributed by atoms with Crippen molar-refractivity contribution in [1.82, 2.24) is 15.1 Å². The van der Waals surface area contributed by atoms with E-state index >= 15 is 0 Å². The van der Waals surface area contributed by atoms with Crippen LogP contribution < -0.4 is 5.32 Å². The lowest BCUT2D eigenvalue weighted by atomic mass is 10.1. The van der Waals surface area contributed by atoms with Gasteiger partial charge in [0.1, 0.15) is 0 Å². The molecule has 0 fully saturated rings. The third kappa shape index (κ3) is 3.97. The van der Waals surface area contributed by atoms with Gasteiger partial charge in [-0.3, -0.25) is 4.68 Å². The van der Waals surface area contributed by atoms with Gasteiger partial charge in [0.15, 0.2) is 0 Å².